The van der Waals surface area contributed by atoms with Gasteiger partial charge in [-0.3, -0.25) is 9.59 Å². The van der Waals surface area contributed by atoms with E-state index in [0.717, 1.165) is 18.8 Å². The van der Waals surface area contributed by atoms with Crippen molar-refractivity contribution in [3.05, 3.63) is 24.3 Å². The van der Waals surface area contributed by atoms with Gasteiger partial charge in [0.05, 0.1) is 19.8 Å². The average molecular weight is 421 g/mol. The van der Waals surface area contributed by atoms with Crippen LogP contribution in [0.15, 0.2) is 24.3 Å². The molecule has 0 spiro atoms. The van der Waals surface area contributed by atoms with Crippen molar-refractivity contribution >= 4 is 29.3 Å². The van der Waals surface area contributed by atoms with Gasteiger partial charge in [0.1, 0.15) is 12.1 Å². The number of carbonyl (C=O) groups excluding carboxylic acids is 3. The van der Waals surface area contributed by atoms with E-state index in [4.69, 9.17) is 9.47 Å². The summed E-state index contributed by atoms with van der Waals surface area (Å²) in [6, 6.07) is 7.57. The molecular formula is C21H32N4O5. The number of morpholine rings is 1. The minimum absolute atomic E-state index is 0.119. The van der Waals surface area contributed by atoms with Crippen LogP contribution in [0, 0.1) is 0 Å². The summed E-state index contributed by atoms with van der Waals surface area (Å²) >= 11 is 0. The molecule has 2 rings (SSSR count). The molecule has 1 heterocycles. The van der Waals surface area contributed by atoms with Crippen molar-refractivity contribution in [3.63, 3.8) is 0 Å². The minimum Gasteiger partial charge on any atom is -0.444 e. The second-order valence-corrected chi connectivity index (χ2v) is 8.28. The highest BCUT2D eigenvalue weighted by molar-refractivity contribution is 5.95. The summed E-state index contributed by atoms with van der Waals surface area (Å²) in [5.74, 6) is -0.675. The van der Waals surface area contributed by atoms with Gasteiger partial charge < -0.3 is 29.5 Å². The van der Waals surface area contributed by atoms with Crippen molar-refractivity contribution in [1.82, 2.24) is 9.80 Å². The molecule has 0 bridgehead atoms. The molecule has 1 aromatic rings. The van der Waals surface area contributed by atoms with Gasteiger partial charge in [0, 0.05) is 38.6 Å². The van der Waals surface area contributed by atoms with Crippen LogP contribution in [-0.2, 0) is 19.1 Å². The Morgan fingerprint density at radius 3 is 2.20 bits per heavy atom. The lowest BCUT2D eigenvalue weighted by Crippen LogP contribution is -2.43. The van der Waals surface area contributed by atoms with Gasteiger partial charge in [-0.15, -0.1) is 0 Å². The number of benzene rings is 1. The highest BCUT2D eigenvalue weighted by atomic mass is 16.6. The molecule has 1 aliphatic rings. The maximum absolute atomic E-state index is 12.3. The van der Waals surface area contributed by atoms with Crippen LogP contribution >= 0.6 is 0 Å². The fourth-order valence-corrected chi connectivity index (χ4v) is 2.81. The first-order valence-corrected chi connectivity index (χ1v) is 9.96. The Labute approximate surface area is 177 Å². The zero-order valence-corrected chi connectivity index (χ0v) is 18.4. The highest BCUT2D eigenvalue weighted by Crippen LogP contribution is 2.19. The second-order valence-electron chi connectivity index (χ2n) is 8.28. The number of amides is 3. The molecule has 30 heavy (non-hydrogen) atoms. The molecule has 0 saturated carbocycles. The number of nitrogens with one attached hydrogen (secondary N) is 1. The van der Waals surface area contributed by atoms with E-state index < -0.39 is 11.7 Å². The Bertz CT molecular complexity index is 739. The summed E-state index contributed by atoms with van der Waals surface area (Å²) in [6.45, 7) is 8.08. The first-order valence-electron chi connectivity index (χ1n) is 9.96. The minimum atomic E-state index is -0.641. The number of hydrogen-bond donors (Lipinski definition) is 1. The third-order valence-corrected chi connectivity index (χ3v) is 4.41. The van der Waals surface area contributed by atoms with Crippen molar-refractivity contribution < 1.29 is 23.9 Å². The van der Waals surface area contributed by atoms with E-state index in [9.17, 15) is 14.4 Å². The summed E-state index contributed by atoms with van der Waals surface area (Å²) < 4.78 is 10.6. The number of carbonyl (C=O) groups is 3. The molecule has 0 atom stereocenters. The number of anilines is 2. The largest absolute Gasteiger partial charge is 0.444 e. The number of likely N-dealkylation sites (N-methyl/N-ethyl adjacent to an activating group) is 2. The third-order valence-electron chi connectivity index (χ3n) is 4.41. The maximum Gasteiger partial charge on any atom is 0.410 e. The van der Waals surface area contributed by atoms with E-state index in [0.29, 0.717) is 18.9 Å². The number of ether oxygens (including phenoxy) is 2. The van der Waals surface area contributed by atoms with Crippen LogP contribution in [0.4, 0.5) is 16.2 Å². The number of nitrogens with zero attached hydrogens (tertiary/aromatic N) is 3. The van der Waals surface area contributed by atoms with E-state index in [2.05, 4.69) is 10.2 Å². The van der Waals surface area contributed by atoms with Crippen molar-refractivity contribution in [2.45, 2.75) is 26.4 Å². The first kappa shape index (κ1) is 23.5. The molecule has 0 unspecified atom stereocenters. The molecule has 3 amide bonds. The SMILES string of the molecule is CN(CC(=O)Nc1ccc(N2CCOCC2)cc1)C(=O)CN(C)C(=O)OC(C)(C)C. The molecule has 1 fully saturated rings. The Kier molecular flexibility index (Phi) is 8.05. The van der Waals surface area contributed by atoms with E-state index in [1.54, 1.807) is 20.8 Å². The van der Waals surface area contributed by atoms with E-state index >= 15 is 0 Å². The van der Waals surface area contributed by atoms with Gasteiger partial charge in [-0.05, 0) is 45.0 Å². The molecule has 9 heteroatoms. The van der Waals surface area contributed by atoms with Gasteiger partial charge >= 0.3 is 6.09 Å². The van der Waals surface area contributed by atoms with Gasteiger partial charge in [-0.1, -0.05) is 0 Å². The van der Waals surface area contributed by atoms with Gasteiger partial charge in [0.2, 0.25) is 11.8 Å². The van der Waals surface area contributed by atoms with Crippen LogP contribution < -0.4 is 10.2 Å². The van der Waals surface area contributed by atoms with Gasteiger partial charge in [-0.25, -0.2) is 4.79 Å². The fourth-order valence-electron chi connectivity index (χ4n) is 2.81. The molecule has 9 nitrogen and oxygen atoms in total. The Morgan fingerprint density at radius 2 is 1.63 bits per heavy atom. The second kappa shape index (κ2) is 10.3. The summed E-state index contributed by atoms with van der Waals surface area (Å²) in [5.41, 5.74) is 1.09. The van der Waals surface area contributed by atoms with Crippen LogP contribution in [-0.4, -0.2) is 86.8 Å². The summed E-state index contributed by atoms with van der Waals surface area (Å²) in [6.07, 6.45) is -0.589. The van der Waals surface area contributed by atoms with Crippen molar-refractivity contribution in [2.24, 2.45) is 0 Å². The molecule has 1 N–H and O–H groups in total. The van der Waals surface area contributed by atoms with Crippen molar-refractivity contribution in [1.29, 1.82) is 0 Å². The molecule has 0 aliphatic carbocycles. The van der Waals surface area contributed by atoms with Crippen LogP contribution in [0.2, 0.25) is 0 Å². The van der Waals surface area contributed by atoms with Crippen LogP contribution in [0.25, 0.3) is 0 Å². The number of hydrogen-bond acceptors (Lipinski definition) is 6. The van der Waals surface area contributed by atoms with Crippen molar-refractivity contribution in [3.8, 4) is 0 Å². The van der Waals surface area contributed by atoms with Crippen LogP contribution in [0.1, 0.15) is 20.8 Å². The van der Waals surface area contributed by atoms with E-state index in [1.807, 2.05) is 24.3 Å². The van der Waals surface area contributed by atoms with Crippen LogP contribution in [0.3, 0.4) is 0 Å². The van der Waals surface area contributed by atoms with Crippen LogP contribution in [0.5, 0.6) is 0 Å². The van der Waals surface area contributed by atoms with Gasteiger partial charge in [0.15, 0.2) is 0 Å². The molecule has 166 valence electrons. The molecule has 0 radical (unpaired) electrons. The molecule has 1 aliphatic heterocycles. The van der Waals surface area contributed by atoms with Crippen molar-refractivity contribution in [2.75, 3.05) is 63.7 Å². The average Bonchev–Trinajstić information content (AvgIpc) is 2.67. The van der Waals surface area contributed by atoms with Gasteiger partial charge in [-0.2, -0.15) is 0 Å². The molecule has 1 aromatic carbocycles. The lowest BCUT2D eigenvalue weighted by Gasteiger charge is -2.29. The van der Waals surface area contributed by atoms with E-state index in [1.165, 1.54) is 23.9 Å². The Balaban J connectivity index is 1.80. The molecular weight excluding hydrogens is 388 g/mol. The van der Waals surface area contributed by atoms with E-state index in [-0.39, 0.29) is 24.9 Å². The third kappa shape index (κ3) is 7.55. The summed E-state index contributed by atoms with van der Waals surface area (Å²) in [7, 11) is 3.00. The molecule has 1 saturated heterocycles. The summed E-state index contributed by atoms with van der Waals surface area (Å²) in [5, 5.41) is 2.78. The van der Waals surface area contributed by atoms with Gasteiger partial charge in [0.25, 0.3) is 0 Å². The zero-order valence-electron chi connectivity index (χ0n) is 18.4. The molecule has 0 aromatic heterocycles. The normalized spacial score (nSPS) is 14.1. The topological polar surface area (TPSA) is 91.4 Å². The smallest absolute Gasteiger partial charge is 0.410 e. The lowest BCUT2D eigenvalue weighted by atomic mass is 10.2. The predicted octanol–water partition coefficient (Wildman–Crippen LogP) is 1.79. The predicted molar refractivity (Wildman–Crippen MR) is 115 cm³/mol. The fraction of sp³-hybridized carbons (Fsp3) is 0.571. The standard InChI is InChI=1S/C21H32N4O5/c1-21(2,3)30-20(28)24(5)15-19(27)23(4)14-18(26)22-16-6-8-17(9-7-16)25-10-12-29-13-11-25/h6-9H,10-15H2,1-5H3,(H,22,26). The Morgan fingerprint density at radius 1 is 1.03 bits per heavy atom. The highest BCUT2D eigenvalue weighted by Gasteiger charge is 2.23. The summed E-state index contributed by atoms with van der Waals surface area (Å²) in [4.78, 5) is 41.2. The Hall–Kier alpha value is -2.81. The first-order chi connectivity index (χ1) is 14.0. The lowest BCUT2D eigenvalue weighted by molar-refractivity contribution is -0.134. The zero-order chi connectivity index (χ0) is 22.3. The number of rotatable bonds is 6. The monoisotopic (exact) mass is 420 g/mol. The quantitative estimate of drug-likeness (QED) is 0.755. The maximum atomic E-state index is 12.3.